The summed E-state index contributed by atoms with van der Waals surface area (Å²) in [5.41, 5.74) is 1.75. The van der Waals surface area contributed by atoms with Crippen molar-refractivity contribution in [2.45, 2.75) is 0 Å². The molecule has 0 saturated heterocycles. The minimum absolute atomic E-state index is 0.245. The molecule has 8 heteroatoms. The van der Waals surface area contributed by atoms with E-state index in [0.717, 1.165) is 11.1 Å². The summed E-state index contributed by atoms with van der Waals surface area (Å²) < 4.78 is 6.96. The molecule has 2 aromatic heterocycles. The summed E-state index contributed by atoms with van der Waals surface area (Å²) in [7, 11) is 1.57. The molecule has 0 atom stereocenters. The van der Waals surface area contributed by atoms with Crippen LogP contribution in [0.15, 0.2) is 53.3 Å². The lowest BCUT2D eigenvalue weighted by molar-refractivity contribution is 0.416. The number of aromatic nitrogens is 2. The third-order valence-electron chi connectivity index (χ3n) is 4.61. The van der Waals surface area contributed by atoms with Crippen molar-refractivity contribution >= 4 is 34.2 Å². The highest BCUT2D eigenvalue weighted by Gasteiger charge is 2.19. The minimum atomic E-state index is -0.674. The molecule has 4 rings (SSSR count). The first-order chi connectivity index (χ1) is 14.0. The number of H-pyrrole nitrogens is 1. The van der Waals surface area contributed by atoms with Crippen LogP contribution < -0.4 is 10.3 Å². The highest BCUT2D eigenvalue weighted by Crippen LogP contribution is 2.38. The molecule has 29 heavy (non-hydrogen) atoms. The number of nitrogens with one attached hydrogen (secondary N) is 1. The summed E-state index contributed by atoms with van der Waals surface area (Å²) in [6.45, 7) is 0. The summed E-state index contributed by atoms with van der Waals surface area (Å²) in [4.78, 5) is 14.5. The molecule has 0 aliphatic carbocycles. The Morgan fingerprint density at radius 3 is 2.55 bits per heavy atom. The highest BCUT2D eigenvalue weighted by atomic mass is 35.5. The maximum absolute atomic E-state index is 11.9. The zero-order chi connectivity index (χ0) is 20.7. The molecule has 0 amide bonds. The van der Waals surface area contributed by atoms with Gasteiger partial charge in [0.15, 0.2) is 11.3 Å². The molecule has 6 nitrogen and oxygen atoms in total. The Hall–Kier alpha value is -3.40. The first kappa shape index (κ1) is 18.9. The molecule has 144 valence electrons. The van der Waals surface area contributed by atoms with Crippen LogP contribution in [0.2, 0.25) is 10.2 Å². The predicted octanol–water partition coefficient (Wildman–Crippen LogP) is 4.88. The van der Waals surface area contributed by atoms with E-state index in [1.807, 2.05) is 18.2 Å². The second kappa shape index (κ2) is 7.21. The van der Waals surface area contributed by atoms with E-state index < -0.39 is 11.3 Å². The largest absolute Gasteiger partial charge is 0.504 e. The van der Waals surface area contributed by atoms with Gasteiger partial charge in [0.2, 0.25) is 0 Å². The lowest BCUT2D eigenvalue weighted by atomic mass is 10.0. The van der Waals surface area contributed by atoms with Crippen LogP contribution in [0.5, 0.6) is 11.5 Å². The zero-order valence-electron chi connectivity index (χ0n) is 15.0. The maximum Gasteiger partial charge on any atom is 0.270 e. The number of benzene rings is 2. The van der Waals surface area contributed by atoms with E-state index in [-0.39, 0.29) is 16.2 Å². The lowest BCUT2D eigenvalue weighted by Crippen LogP contribution is -2.10. The number of nitrogens with zero attached hydrogens (tertiary/aromatic N) is 2. The van der Waals surface area contributed by atoms with Gasteiger partial charge in [-0.15, -0.1) is 0 Å². The van der Waals surface area contributed by atoms with E-state index in [2.05, 4.69) is 4.98 Å². The Bertz CT molecular complexity index is 1350. The molecular weight excluding hydrogens is 413 g/mol. The number of hydrogen-bond donors (Lipinski definition) is 2. The predicted molar refractivity (Wildman–Crippen MR) is 112 cm³/mol. The fraction of sp³-hybridized carbons (Fsp3) is 0.0476. The molecule has 4 aromatic rings. The molecule has 0 radical (unpaired) electrons. The first-order valence-electron chi connectivity index (χ1n) is 8.46. The van der Waals surface area contributed by atoms with Crippen molar-refractivity contribution < 1.29 is 9.84 Å². The molecule has 2 N–H and O–H groups in total. The molecular formula is C21H13Cl2N3O3. The maximum atomic E-state index is 11.9. The average Bonchev–Trinajstić information content (AvgIpc) is 3.04. The van der Waals surface area contributed by atoms with Crippen LogP contribution >= 0.6 is 23.2 Å². The number of nitriles is 1. The standard InChI is InChI=1S/C21H13Cl2N3O3/c1-29-16-4-2-3-14(22)18(16)11-5-7-12(8-6-11)26-17(23)9-15-19(26)20(27)13(10-24)21(28)25-15/h2-9H,1H3,(H2,25,27,28). The van der Waals surface area contributed by atoms with Gasteiger partial charge in [-0.25, -0.2) is 0 Å². The van der Waals surface area contributed by atoms with Gasteiger partial charge in [0.05, 0.1) is 17.6 Å². The number of aromatic amines is 1. The molecule has 0 saturated carbocycles. The van der Waals surface area contributed by atoms with Gasteiger partial charge in [-0.05, 0) is 35.9 Å². The van der Waals surface area contributed by atoms with Crippen molar-refractivity contribution in [1.29, 1.82) is 5.26 Å². The normalized spacial score (nSPS) is 10.8. The van der Waals surface area contributed by atoms with Gasteiger partial charge in [-0.3, -0.25) is 9.36 Å². The van der Waals surface area contributed by atoms with Crippen molar-refractivity contribution in [2.75, 3.05) is 7.11 Å². The van der Waals surface area contributed by atoms with Crippen molar-refractivity contribution in [1.82, 2.24) is 9.55 Å². The van der Waals surface area contributed by atoms with Crippen molar-refractivity contribution in [3.05, 3.63) is 74.6 Å². The van der Waals surface area contributed by atoms with Crippen molar-refractivity contribution in [3.63, 3.8) is 0 Å². The molecule has 0 spiro atoms. The second-order valence-electron chi connectivity index (χ2n) is 6.22. The van der Waals surface area contributed by atoms with E-state index in [4.69, 9.17) is 33.2 Å². The smallest absolute Gasteiger partial charge is 0.270 e. The quantitative estimate of drug-likeness (QED) is 0.489. The number of aromatic hydroxyl groups is 1. The Balaban J connectivity index is 1.90. The molecule has 0 aliphatic rings. The molecule has 0 aliphatic heterocycles. The van der Waals surface area contributed by atoms with Crippen molar-refractivity contribution in [3.8, 4) is 34.4 Å². The third kappa shape index (κ3) is 3.01. The Morgan fingerprint density at radius 1 is 1.17 bits per heavy atom. The van der Waals surface area contributed by atoms with Gasteiger partial charge in [-0.1, -0.05) is 41.4 Å². The van der Waals surface area contributed by atoms with Crippen molar-refractivity contribution in [2.24, 2.45) is 0 Å². The van der Waals surface area contributed by atoms with Gasteiger partial charge in [0, 0.05) is 11.3 Å². The highest BCUT2D eigenvalue weighted by molar-refractivity contribution is 6.33. The summed E-state index contributed by atoms with van der Waals surface area (Å²) in [5.74, 6) is 0.221. The number of halogens is 2. The summed E-state index contributed by atoms with van der Waals surface area (Å²) in [6, 6.07) is 15.9. The zero-order valence-corrected chi connectivity index (χ0v) is 16.5. The minimum Gasteiger partial charge on any atom is -0.504 e. The Labute approximate surface area is 175 Å². The first-order valence-corrected chi connectivity index (χ1v) is 9.21. The Kier molecular flexibility index (Phi) is 4.71. The van der Waals surface area contributed by atoms with Crippen LogP contribution in [0.25, 0.3) is 27.8 Å². The van der Waals surface area contributed by atoms with E-state index in [0.29, 0.717) is 22.0 Å². The van der Waals surface area contributed by atoms with Crippen LogP contribution in [-0.2, 0) is 0 Å². The van der Waals surface area contributed by atoms with E-state index >= 15 is 0 Å². The van der Waals surface area contributed by atoms with E-state index in [9.17, 15) is 9.90 Å². The molecule has 2 heterocycles. The topological polar surface area (TPSA) is 91.0 Å². The number of methoxy groups -OCH3 is 1. The number of rotatable bonds is 3. The monoisotopic (exact) mass is 425 g/mol. The third-order valence-corrected chi connectivity index (χ3v) is 5.21. The number of hydrogen-bond acceptors (Lipinski definition) is 4. The molecule has 0 unspecified atom stereocenters. The lowest BCUT2D eigenvalue weighted by Gasteiger charge is -2.13. The summed E-state index contributed by atoms with van der Waals surface area (Å²) >= 11 is 12.7. The average molecular weight is 426 g/mol. The van der Waals surface area contributed by atoms with E-state index in [1.54, 1.807) is 42.0 Å². The van der Waals surface area contributed by atoms with Crippen LogP contribution in [-0.4, -0.2) is 21.8 Å². The fourth-order valence-electron chi connectivity index (χ4n) is 3.31. The van der Waals surface area contributed by atoms with Crippen LogP contribution in [0.4, 0.5) is 0 Å². The van der Waals surface area contributed by atoms with Gasteiger partial charge in [-0.2, -0.15) is 5.26 Å². The molecule has 0 fully saturated rings. The number of pyridine rings is 1. The number of ether oxygens (including phenoxy) is 1. The van der Waals surface area contributed by atoms with Gasteiger partial charge < -0.3 is 14.8 Å². The summed E-state index contributed by atoms with van der Waals surface area (Å²) in [5, 5.41) is 20.5. The summed E-state index contributed by atoms with van der Waals surface area (Å²) in [6.07, 6.45) is 0. The molecule has 2 aromatic carbocycles. The van der Waals surface area contributed by atoms with Gasteiger partial charge >= 0.3 is 0 Å². The SMILES string of the molecule is COc1cccc(Cl)c1-c1ccc(-n2c(Cl)cc3[nH]c(=O)c(C#N)c(O)c32)cc1. The Morgan fingerprint density at radius 2 is 1.90 bits per heavy atom. The number of fused-ring (bicyclic) bond motifs is 1. The molecule has 0 bridgehead atoms. The second-order valence-corrected chi connectivity index (χ2v) is 7.01. The van der Waals surface area contributed by atoms with Crippen LogP contribution in [0.1, 0.15) is 5.56 Å². The van der Waals surface area contributed by atoms with Gasteiger partial charge in [0.25, 0.3) is 5.56 Å². The van der Waals surface area contributed by atoms with Crippen LogP contribution in [0, 0.1) is 11.3 Å². The fourth-order valence-corrected chi connectivity index (χ4v) is 3.87. The van der Waals surface area contributed by atoms with E-state index in [1.165, 1.54) is 6.07 Å². The van der Waals surface area contributed by atoms with Gasteiger partial charge in [0.1, 0.15) is 22.5 Å². The van der Waals surface area contributed by atoms with Crippen LogP contribution in [0.3, 0.4) is 0 Å².